The highest BCUT2D eigenvalue weighted by atomic mass is 16.7. The van der Waals surface area contributed by atoms with Crippen molar-refractivity contribution in [1.29, 1.82) is 0 Å². The zero-order valence-corrected chi connectivity index (χ0v) is 19.4. The van der Waals surface area contributed by atoms with Gasteiger partial charge in [-0.1, -0.05) is 0 Å². The van der Waals surface area contributed by atoms with Gasteiger partial charge in [-0.15, -0.1) is 0 Å². The molecule has 1 aliphatic heterocycles. The molecule has 0 aliphatic carbocycles. The molecule has 0 spiro atoms. The molecule has 1 aromatic carbocycles. The van der Waals surface area contributed by atoms with E-state index in [0.29, 0.717) is 48.9 Å². The number of rotatable bonds is 9. The van der Waals surface area contributed by atoms with Crippen LogP contribution in [0.2, 0.25) is 0 Å². The minimum Gasteiger partial charge on any atom is -0.493 e. The fourth-order valence-electron chi connectivity index (χ4n) is 3.62. The number of ether oxygens (including phenoxy) is 5. The predicted octanol–water partition coefficient (Wildman–Crippen LogP) is 3.30. The maximum atomic E-state index is 12.0. The molecule has 0 radical (unpaired) electrons. The fraction of sp³-hybridized carbons (Fsp3) is 0.476. The number of hydrogen-bond acceptors (Lipinski definition) is 12. The third kappa shape index (κ3) is 5.47. The van der Waals surface area contributed by atoms with E-state index in [1.165, 1.54) is 27.7 Å². The van der Waals surface area contributed by atoms with Crippen molar-refractivity contribution < 1.29 is 33.4 Å². The van der Waals surface area contributed by atoms with Crippen LogP contribution in [0.3, 0.4) is 0 Å². The van der Waals surface area contributed by atoms with E-state index in [-0.39, 0.29) is 30.0 Å². The molecular weight excluding hydrogens is 450 g/mol. The van der Waals surface area contributed by atoms with Gasteiger partial charge in [-0.2, -0.15) is 0 Å². The number of hydrogen-bond donors (Lipinski definition) is 1. The molecule has 1 N–H and O–H groups in total. The molecule has 2 heterocycles. The first-order valence-electron chi connectivity index (χ1n) is 10.6. The maximum absolute atomic E-state index is 12.0. The van der Waals surface area contributed by atoms with Gasteiger partial charge in [-0.05, 0) is 6.92 Å². The van der Waals surface area contributed by atoms with Crippen molar-refractivity contribution in [3.05, 3.63) is 28.6 Å². The average molecular weight is 477 g/mol. The number of nitrogens with zero attached hydrogens (tertiary/aromatic N) is 4. The number of aromatic nitrogens is 2. The summed E-state index contributed by atoms with van der Waals surface area (Å²) in [6, 6.07) is 3.23. The Morgan fingerprint density at radius 2 is 1.79 bits per heavy atom. The van der Waals surface area contributed by atoms with Gasteiger partial charge in [-0.3, -0.25) is 10.1 Å². The topological polar surface area (TPSA) is 147 Å². The lowest BCUT2D eigenvalue weighted by Gasteiger charge is -2.31. The van der Waals surface area contributed by atoms with Crippen LogP contribution in [0.15, 0.2) is 18.5 Å². The second kappa shape index (κ2) is 11.2. The molecule has 0 amide bonds. The van der Waals surface area contributed by atoms with Gasteiger partial charge >= 0.3 is 11.8 Å². The van der Waals surface area contributed by atoms with Gasteiger partial charge in [0.25, 0.3) is 0 Å². The summed E-state index contributed by atoms with van der Waals surface area (Å²) in [6.07, 6.45) is 1.17. The second-order valence-corrected chi connectivity index (χ2v) is 7.18. The molecule has 1 aromatic heterocycles. The van der Waals surface area contributed by atoms with Crippen LogP contribution in [0, 0.1) is 10.1 Å². The van der Waals surface area contributed by atoms with Gasteiger partial charge in [0.2, 0.25) is 17.4 Å². The van der Waals surface area contributed by atoms with Gasteiger partial charge in [0.05, 0.1) is 32.9 Å². The number of methoxy groups -OCH3 is 3. The first-order valence-corrected chi connectivity index (χ1v) is 10.6. The summed E-state index contributed by atoms with van der Waals surface area (Å²) in [5.74, 6) is 1.33. The first-order chi connectivity index (χ1) is 16.4. The first kappa shape index (κ1) is 24.6. The van der Waals surface area contributed by atoms with Crippen LogP contribution in [-0.2, 0) is 9.47 Å². The summed E-state index contributed by atoms with van der Waals surface area (Å²) in [4.78, 5) is 33.1. The van der Waals surface area contributed by atoms with Gasteiger partial charge < -0.3 is 33.9 Å². The van der Waals surface area contributed by atoms with Crippen molar-refractivity contribution in [3.8, 4) is 17.2 Å². The molecule has 34 heavy (non-hydrogen) atoms. The van der Waals surface area contributed by atoms with Crippen molar-refractivity contribution >= 4 is 29.2 Å². The number of anilines is 3. The molecule has 3 rings (SSSR count). The Hall–Kier alpha value is -4.03. The van der Waals surface area contributed by atoms with E-state index in [1.807, 2.05) is 0 Å². The van der Waals surface area contributed by atoms with Crippen LogP contribution in [0.1, 0.15) is 19.8 Å². The molecule has 1 saturated heterocycles. The molecule has 0 unspecified atom stereocenters. The summed E-state index contributed by atoms with van der Waals surface area (Å²) in [5, 5.41) is 15.0. The molecule has 1 fully saturated rings. The average Bonchev–Trinajstić information content (AvgIpc) is 2.83. The third-order valence-electron chi connectivity index (χ3n) is 5.18. The summed E-state index contributed by atoms with van der Waals surface area (Å²) < 4.78 is 26.1. The summed E-state index contributed by atoms with van der Waals surface area (Å²) >= 11 is 0. The van der Waals surface area contributed by atoms with Crippen molar-refractivity contribution in [1.82, 2.24) is 9.97 Å². The van der Waals surface area contributed by atoms with Gasteiger partial charge in [0, 0.05) is 43.8 Å². The number of carbonyl (C=O) groups is 1. The van der Waals surface area contributed by atoms with Gasteiger partial charge in [0.15, 0.2) is 11.5 Å². The number of nitro groups is 1. The quantitative estimate of drug-likeness (QED) is 0.321. The van der Waals surface area contributed by atoms with E-state index in [0.717, 1.165) is 0 Å². The van der Waals surface area contributed by atoms with Crippen LogP contribution in [-0.4, -0.2) is 68.2 Å². The van der Waals surface area contributed by atoms with E-state index in [2.05, 4.69) is 15.3 Å². The molecule has 0 saturated carbocycles. The van der Waals surface area contributed by atoms with Crippen molar-refractivity contribution in [2.45, 2.75) is 25.9 Å². The lowest BCUT2D eigenvalue weighted by atomic mass is 10.1. The third-order valence-corrected chi connectivity index (χ3v) is 5.18. The molecule has 1 aliphatic rings. The smallest absolute Gasteiger partial charge is 0.493 e. The Morgan fingerprint density at radius 3 is 2.32 bits per heavy atom. The second-order valence-electron chi connectivity index (χ2n) is 7.18. The SMILES string of the molecule is CCOC(=O)OC1CCN(c2ncnc(Nc3cc(OC)c(OC)c(OC)c3)c2[N+](=O)[O-])CC1. The summed E-state index contributed by atoms with van der Waals surface area (Å²) in [6.45, 7) is 2.74. The molecule has 0 bridgehead atoms. The van der Waals surface area contributed by atoms with Crippen LogP contribution < -0.4 is 24.4 Å². The largest absolute Gasteiger partial charge is 0.508 e. The Bertz CT molecular complexity index is 1000. The zero-order valence-electron chi connectivity index (χ0n) is 19.4. The van der Waals surface area contributed by atoms with Crippen LogP contribution in [0.25, 0.3) is 0 Å². The summed E-state index contributed by atoms with van der Waals surface area (Å²) in [5.41, 5.74) is 0.171. The van der Waals surface area contributed by atoms with E-state index < -0.39 is 11.1 Å². The number of benzene rings is 1. The highest BCUT2D eigenvalue weighted by molar-refractivity contribution is 5.76. The Morgan fingerprint density at radius 1 is 1.15 bits per heavy atom. The zero-order chi connectivity index (χ0) is 24.7. The van der Waals surface area contributed by atoms with E-state index in [1.54, 1.807) is 24.0 Å². The predicted molar refractivity (Wildman–Crippen MR) is 121 cm³/mol. The molecule has 2 aromatic rings. The van der Waals surface area contributed by atoms with E-state index >= 15 is 0 Å². The fourth-order valence-corrected chi connectivity index (χ4v) is 3.62. The van der Waals surface area contributed by atoms with Crippen LogP contribution in [0.5, 0.6) is 17.2 Å². The minimum absolute atomic E-state index is 0.00849. The van der Waals surface area contributed by atoms with E-state index in [4.69, 9.17) is 23.7 Å². The van der Waals surface area contributed by atoms with E-state index in [9.17, 15) is 14.9 Å². The van der Waals surface area contributed by atoms with Crippen LogP contribution >= 0.6 is 0 Å². The molecule has 184 valence electrons. The number of carbonyl (C=O) groups excluding carboxylic acids is 1. The van der Waals surface area contributed by atoms with Crippen molar-refractivity contribution in [2.75, 3.05) is 51.2 Å². The Labute approximate surface area is 196 Å². The van der Waals surface area contributed by atoms with Crippen molar-refractivity contribution in [3.63, 3.8) is 0 Å². The molecule has 0 atom stereocenters. The molecular formula is C21H27N5O8. The number of piperidine rings is 1. The standard InChI is InChI=1S/C21H27N5O8/c1-5-33-21(27)34-14-6-8-25(9-7-14)20-17(26(28)29)19(22-12-23-20)24-13-10-15(30-2)18(32-4)16(11-13)31-3/h10-12,14H,5-9H2,1-4H3,(H,22,23,24). The maximum Gasteiger partial charge on any atom is 0.508 e. The lowest BCUT2D eigenvalue weighted by molar-refractivity contribution is -0.383. The number of nitrogens with one attached hydrogen (secondary N) is 1. The minimum atomic E-state index is -0.717. The van der Waals surface area contributed by atoms with Crippen LogP contribution in [0.4, 0.5) is 27.8 Å². The molecule has 13 heteroatoms. The Kier molecular flexibility index (Phi) is 8.11. The Balaban J connectivity index is 1.84. The van der Waals surface area contributed by atoms with Gasteiger partial charge in [-0.25, -0.2) is 14.8 Å². The van der Waals surface area contributed by atoms with Crippen molar-refractivity contribution in [2.24, 2.45) is 0 Å². The monoisotopic (exact) mass is 477 g/mol. The highest BCUT2D eigenvalue weighted by Gasteiger charge is 2.31. The molecule has 13 nitrogen and oxygen atoms in total. The highest BCUT2D eigenvalue weighted by Crippen LogP contribution is 2.42. The lowest BCUT2D eigenvalue weighted by Crippen LogP contribution is -2.38. The normalized spacial score (nSPS) is 13.7. The van der Waals surface area contributed by atoms with Gasteiger partial charge in [0.1, 0.15) is 12.4 Å². The summed E-state index contributed by atoms with van der Waals surface area (Å²) in [7, 11) is 4.43.